The number of carbonyl (C=O) groups is 1. The Morgan fingerprint density at radius 2 is 1.86 bits per heavy atom. The van der Waals surface area contributed by atoms with Gasteiger partial charge in [-0.1, -0.05) is 62.4 Å². The van der Waals surface area contributed by atoms with Crippen molar-refractivity contribution in [1.82, 2.24) is 19.4 Å². The molecule has 1 atom stereocenters. The summed E-state index contributed by atoms with van der Waals surface area (Å²) in [6.45, 7) is 10.2. The smallest absolute Gasteiger partial charge is 0.350 e. The first-order valence-electron chi connectivity index (χ1n) is 13.7. The van der Waals surface area contributed by atoms with Crippen molar-refractivity contribution in [2.24, 2.45) is 0 Å². The van der Waals surface area contributed by atoms with E-state index in [1.54, 1.807) is 41.3 Å². The number of sulfone groups is 1. The zero-order valence-electron chi connectivity index (χ0n) is 24.2. The van der Waals surface area contributed by atoms with Gasteiger partial charge in [-0.15, -0.1) is 0 Å². The zero-order chi connectivity index (χ0) is 31.2. The molecule has 3 heterocycles. The number of hydrogen-bond donors (Lipinski definition) is 0. The molecule has 9 nitrogen and oxygen atoms in total. The quantitative estimate of drug-likeness (QED) is 0.279. The van der Waals surface area contributed by atoms with Crippen molar-refractivity contribution in [3.05, 3.63) is 88.1 Å². The molecule has 1 aliphatic heterocycles. The minimum Gasteiger partial charge on any atom is -0.350 e. The minimum atomic E-state index is -3.82. The van der Waals surface area contributed by atoms with E-state index >= 15 is 4.39 Å². The van der Waals surface area contributed by atoms with Gasteiger partial charge in [0.15, 0.2) is 15.5 Å². The number of carbonyl (C=O) groups excluding carboxylic acids is 1. The van der Waals surface area contributed by atoms with Crippen molar-refractivity contribution < 1.29 is 17.6 Å². The molecular weight excluding hydrogens is 593 g/mol. The van der Waals surface area contributed by atoms with E-state index in [9.17, 15) is 18.0 Å². The zero-order valence-corrected chi connectivity index (χ0v) is 25.8. The number of para-hydroxylation sites is 1. The number of benzene rings is 2. The van der Waals surface area contributed by atoms with E-state index in [0.717, 1.165) is 10.8 Å². The molecule has 2 aromatic carbocycles. The normalized spacial score (nSPS) is 15.7. The average Bonchev–Trinajstić information content (AvgIpc) is 2.96. The van der Waals surface area contributed by atoms with E-state index in [-0.39, 0.29) is 56.0 Å². The lowest BCUT2D eigenvalue weighted by Gasteiger charge is -2.40. The molecule has 1 fully saturated rings. The molecule has 1 amide bonds. The van der Waals surface area contributed by atoms with Gasteiger partial charge in [0.2, 0.25) is 5.91 Å². The highest BCUT2D eigenvalue weighted by molar-refractivity contribution is 7.90. The Labute approximate surface area is 254 Å². The lowest BCUT2D eigenvalue weighted by Crippen LogP contribution is -2.54. The number of fused-ring (bicyclic) bond motifs is 1. The van der Waals surface area contributed by atoms with Crippen LogP contribution in [0.3, 0.4) is 0 Å². The molecule has 0 N–H and O–H groups in total. The van der Waals surface area contributed by atoms with Gasteiger partial charge in [0.05, 0.1) is 21.0 Å². The molecule has 0 unspecified atom stereocenters. The Balaban J connectivity index is 1.88. The Kier molecular flexibility index (Phi) is 8.15. The summed E-state index contributed by atoms with van der Waals surface area (Å²) in [5.41, 5.74) is 0.165. The second kappa shape index (κ2) is 11.5. The lowest BCUT2D eigenvalue weighted by atomic mass is 10.0. The Morgan fingerprint density at radius 1 is 1.14 bits per heavy atom. The van der Waals surface area contributed by atoms with Crippen LogP contribution in [0.4, 0.5) is 10.2 Å². The van der Waals surface area contributed by atoms with E-state index < -0.39 is 21.3 Å². The van der Waals surface area contributed by atoms with Gasteiger partial charge in [-0.25, -0.2) is 27.2 Å². The van der Waals surface area contributed by atoms with Gasteiger partial charge >= 0.3 is 5.69 Å². The lowest BCUT2D eigenvalue weighted by molar-refractivity contribution is -0.126. The summed E-state index contributed by atoms with van der Waals surface area (Å²) in [5.74, 6) is -0.898. The number of anilines is 1. The van der Waals surface area contributed by atoms with Crippen LogP contribution in [0.25, 0.3) is 28.0 Å². The number of pyridine rings is 1. The van der Waals surface area contributed by atoms with Gasteiger partial charge in [-0.05, 0) is 42.7 Å². The van der Waals surface area contributed by atoms with Crippen LogP contribution in [0.1, 0.15) is 32.3 Å². The summed E-state index contributed by atoms with van der Waals surface area (Å²) >= 11 is 6.43. The first-order valence-corrected chi connectivity index (χ1v) is 16.0. The third kappa shape index (κ3) is 5.54. The molecule has 0 bridgehead atoms. The molecular formula is C31H31ClFN5O4S. The van der Waals surface area contributed by atoms with Crippen LogP contribution in [0.2, 0.25) is 5.02 Å². The van der Waals surface area contributed by atoms with E-state index in [1.165, 1.54) is 18.2 Å². The molecule has 0 aliphatic carbocycles. The van der Waals surface area contributed by atoms with Crippen LogP contribution in [0, 0.1) is 5.82 Å². The molecule has 0 saturated carbocycles. The van der Waals surface area contributed by atoms with Crippen molar-refractivity contribution in [3.8, 4) is 16.9 Å². The van der Waals surface area contributed by atoms with E-state index in [4.69, 9.17) is 11.6 Å². The molecule has 2 aromatic heterocycles. The molecule has 0 spiro atoms. The van der Waals surface area contributed by atoms with Gasteiger partial charge < -0.3 is 9.80 Å². The monoisotopic (exact) mass is 623 g/mol. The molecule has 5 rings (SSSR count). The third-order valence-electron chi connectivity index (χ3n) is 7.59. The predicted molar refractivity (Wildman–Crippen MR) is 166 cm³/mol. The number of nitrogens with zero attached hydrogens (tertiary/aromatic N) is 5. The van der Waals surface area contributed by atoms with Crippen molar-refractivity contribution >= 4 is 44.2 Å². The Hall–Kier alpha value is -4.09. The van der Waals surface area contributed by atoms with Crippen molar-refractivity contribution in [3.63, 3.8) is 0 Å². The van der Waals surface area contributed by atoms with Crippen LogP contribution in [-0.2, 0) is 14.6 Å². The molecule has 43 heavy (non-hydrogen) atoms. The van der Waals surface area contributed by atoms with Gasteiger partial charge in [-0.3, -0.25) is 4.79 Å². The van der Waals surface area contributed by atoms with Crippen molar-refractivity contribution in [2.75, 3.05) is 30.8 Å². The number of amides is 1. The van der Waals surface area contributed by atoms with Crippen LogP contribution in [0.5, 0.6) is 0 Å². The van der Waals surface area contributed by atoms with E-state index in [0.29, 0.717) is 30.8 Å². The Morgan fingerprint density at radius 3 is 2.49 bits per heavy atom. The summed E-state index contributed by atoms with van der Waals surface area (Å²) < 4.78 is 43.1. The third-order valence-corrected chi connectivity index (χ3v) is 9.05. The van der Waals surface area contributed by atoms with Crippen LogP contribution >= 0.6 is 11.6 Å². The maximum Gasteiger partial charge on any atom is 0.355 e. The summed E-state index contributed by atoms with van der Waals surface area (Å²) in [6, 6.07) is 12.4. The number of halogens is 2. The molecule has 1 saturated heterocycles. The summed E-state index contributed by atoms with van der Waals surface area (Å²) in [7, 11) is -3.82. The molecule has 0 radical (unpaired) electrons. The number of piperazine rings is 1. The highest BCUT2D eigenvalue weighted by Gasteiger charge is 2.31. The van der Waals surface area contributed by atoms with Crippen molar-refractivity contribution in [2.45, 2.75) is 37.6 Å². The highest BCUT2D eigenvalue weighted by atomic mass is 35.5. The number of hydrogen-bond acceptors (Lipinski definition) is 7. The highest BCUT2D eigenvalue weighted by Crippen LogP contribution is 2.36. The van der Waals surface area contributed by atoms with Gasteiger partial charge in [0, 0.05) is 37.5 Å². The second-order valence-corrected chi connectivity index (χ2v) is 13.3. The summed E-state index contributed by atoms with van der Waals surface area (Å²) in [5, 5.41) is 0.466. The minimum absolute atomic E-state index is 0.0288. The average molecular weight is 624 g/mol. The van der Waals surface area contributed by atoms with Crippen LogP contribution in [0.15, 0.2) is 70.9 Å². The second-order valence-electron chi connectivity index (χ2n) is 10.9. The fourth-order valence-corrected chi connectivity index (χ4v) is 6.62. The standard InChI is InChI=1S/C31H31ClFN5O4S/c1-6-26(39)36-14-15-37(19(4)17-36)29-22-16-24(33)27(21-10-7-8-12-23(21)32)34-30(22)38(31(40)35-29)28-20(18(2)3)11-9-13-25(28)43(5,41)42/h6-13,16,18-19H,1,14-15,17H2,2-5H3/t19-/m0/s1. The van der Waals surface area contributed by atoms with Crippen LogP contribution < -0.4 is 10.6 Å². The maximum atomic E-state index is 15.9. The largest absolute Gasteiger partial charge is 0.355 e. The predicted octanol–water partition coefficient (Wildman–Crippen LogP) is 4.99. The van der Waals surface area contributed by atoms with Gasteiger partial charge in [0.1, 0.15) is 17.3 Å². The van der Waals surface area contributed by atoms with Gasteiger partial charge in [-0.2, -0.15) is 4.98 Å². The van der Waals surface area contributed by atoms with Crippen LogP contribution in [-0.4, -0.2) is 65.7 Å². The Bertz CT molecular complexity index is 1940. The maximum absolute atomic E-state index is 15.9. The number of rotatable bonds is 6. The first-order chi connectivity index (χ1) is 20.3. The molecule has 1 aliphatic rings. The van der Waals surface area contributed by atoms with E-state index in [1.807, 2.05) is 25.7 Å². The number of aromatic nitrogens is 3. The van der Waals surface area contributed by atoms with E-state index in [2.05, 4.69) is 16.5 Å². The van der Waals surface area contributed by atoms with Crippen molar-refractivity contribution in [1.29, 1.82) is 0 Å². The molecule has 224 valence electrons. The fraction of sp³-hybridized carbons (Fsp3) is 0.290. The molecule has 4 aromatic rings. The SMILES string of the molecule is C=CC(=O)N1CCN(c2nc(=O)n(-c3c(C(C)C)cccc3S(C)(=O)=O)c3nc(-c4ccccc4Cl)c(F)cc23)[C@@H](C)C1. The first kappa shape index (κ1) is 30.4. The molecule has 12 heteroatoms. The summed E-state index contributed by atoms with van der Waals surface area (Å²) in [4.78, 5) is 38.8. The topological polar surface area (TPSA) is 105 Å². The summed E-state index contributed by atoms with van der Waals surface area (Å²) in [6.07, 6.45) is 2.32. The van der Waals surface area contributed by atoms with Gasteiger partial charge in [0.25, 0.3) is 0 Å². The fourth-order valence-electron chi connectivity index (χ4n) is 5.51.